The fraction of sp³-hybridized carbons (Fsp3) is 0.538. The van der Waals surface area contributed by atoms with Crippen molar-refractivity contribution in [2.45, 2.75) is 52.0 Å². The summed E-state index contributed by atoms with van der Waals surface area (Å²) in [4.78, 5) is 29.9. The lowest BCUT2D eigenvalue weighted by molar-refractivity contribution is -0.132. The van der Waals surface area contributed by atoms with Crippen molar-refractivity contribution in [1.29, 1.82) is 0 Å². The van der Waals surface area contributed by atoms with Crippen molar-refractivity contribution in [1.82, 2.24) is 14.4 Å². The molecule has 1 aliphatic heterocycles. The molecule has 1 aliphatic carbocycles. The van der Waals surface area contributed by atoms with E-state index in [2.05, 4.69) is 29.4 Å². The summed E-state index contributed by atoms with van der Waals surface area (Å²) in [7, 11) is 1.64. The molecule has 1 saturated heterocycles. The highest BCUT2D eigenvalue weighted by atomic mass is 16.5. The van der Waals surface area contributed by atoms with Crippen molar-refractivity contribution in [3.05, 3.63) is 52.8 Å². The van der Waals surface area contributed by atoms with E-state index in [4.69, 9.17) is 4.74 Å². The fourth-order valence-electron chi connectivity index (χ4n) is 5.26. The Morgan fingerprint density at radius 3 is 2.28 bits per heavy atom. The third-order valence-electron chi connectivity index (χ3n) is 7.08. The summed E-state index contributed by atoms with van der Waals surface area (Å²) in [6, 6.07) is 10.3. The van der Waals surface area contributed by atoms with Gasteiger partial charge in [0.2, 0.25) is 5.91 Å². The van der Waals surface area contributed by atoms with Crippen molar-refractivity contribution in [3.63, 3.8) is 0 Å². The van der Waals surface area contributed by atoms with Crippen LogP contribution in [0.5, 0.6) is 5.75 Å². The summed E-state index contributed by atoms with van der Waals surface area (Å²) in [5.74, 6) is 1.13. The van der Waals surface area contributed by atoms with Gasteiger partial charge < -0.3 is 14.2 Å². The minimum Gasteiger partial charge on any atom is -0.497 e. The molecule has 0 atom stereocenters. The highest BCUT2D eigenvalue weighted by Gasteiger charge is 2.26. The summed E-state index contributed by atoms with van der Waals surface area (Å²) in [5, 5.41) is 0. The third-order valence-corrected chi connectivity index (χ3v) is 7.08. The zero-order valence-electron chi connectivity index (χ0n) is 19.6. The second kappa shape index (κ2) is 9.90. The summed E-state index contributed by atoms with van der Waals surface area (Å²) >= 11 is 0. The van der Waals surface area contributed by atoms with E-state index in [0.29, 0.717) is 32.1 Å². The molecule has 6 nitrogen and oxygen atoms in total. The Morgan fingerprint density at radius 1 is 1.00 bits per heavy atom. The summed E-state index contributed by atoms with van der Waals surface area (Å²) in [5.41, 5.74) is 4.18. The number of nitrogens with zero attached hydrogens (tertiary/aromatic N) is 3. The van der Waals surface area contributed by atoms with Gasteiger partial charge in [0.1, 0.15) is 5.75 Å². The number of Topliss-reactive ketones (excluding diaryl/α,β-unsaturated/α-hetero) is 1. The molecule has 0 spiro atoms. The summed E-state index contributed by atoms with van der Waals surface area (Å²) in [6.07, 6.45) is 5.40. The molecule has 1 aromatic carbocycles. The number of piperazine rings is 1. The zero-order chi connectivity index (χ0) is 22.7. The molecule has 2 heterocycles. The van der Waals surface area contributed by atoms with Crippen LogP contribution in [-0.2, 0) is 11.2 Å². The lowest BCUT2D eigenvalue weighted by Crippen LogP contribution is -2.50. The van der Waals surface area contributed by atoms with Gasteiger partial charge in [0.15, 0.2) is 5.78 Å². The standard InChI is InChI=1S/C26H35N3O3/c1-19-16-24(20(2)29(19)22-6-4-5-7-22)25(30)18-27-12-14-28(15-13-27)26(31)17-21-8-10-23(32-3)11-9-21/h8-11,16,22H,4-7,12-15,17-18H2,1-3H3. The average molecular weight is 438 g/mol. The highest BCUT2D eigenvalue weighted by Crippen LogP contribution is 2.33. The third kappa shape index (κ3) is 4.90. The molecule has 0 radical (unpaired) electrons. The summed E-state index contributed by atoms with van der Waals surface area (Å²) < 4.78 is 7.56. The van der Waals surface area contributed by atoms with Crippen molar-refractivity contribution in [2.24, 2.45) is 0 Å². The molecule has 32 heavy (non-hydrogen) atoms. The maximum Gasteiger partial charge on any atom is 0.227 e. The van der Waals surface area contributed by atoms with E-state index in [9.17, 15) is 9.59 Å². The van der Waals surface area contributed by atoms with Crippen LogP contribution in [0.25, 0.3) is 0 Å². The number of hydrogen-bond acceptors (Lipinski definition) is 4. The number of methoxy groups -OCH3 is 1. The lowest BCUT2D eigenvalue weighted by Gasteiger charge is -2.34. The van der Waals surface area contributed by atoms with Crippen molar-refractivity contribution in [2.75, 3.05) is 39.8 Å². The molecule has 2 aliphatic rings. The Labute approximate surface area is 191 Å². The van der Waals surface area contributed by atoms with Gasteiger partial charge in [-0.2, -0.15) is 0 Å². The Balaban J connectivity index is 1.29. The Bertz CT molecular complexity index is 949. The van der Waals surface area contributed by atoms with Gasteiger partial charge in [-0.25, -0.2) is 0 Å². The Hall–Kier alpha value is -2.60. The molecule has 6 heteroatoms. The van der Waals surface area contributed by atoms with E-state index in [1.54, 1.807) is 7.11 Å². The Kier molecular flexibility index (Phi) is 6.99. The first-order valence-corrected chi connectivity index (χ1v) is 11.8. The topological polar surface area (TPSA) is 54.8 Å². The molecule has 0 unspecified atom stereocenters. The maximum absolute atomic E-state index is 13.1. The van der Waals surface area contributed by atoms with Gasteiger partial charge in [-0.05, 0) is 50.5 Å². The van der Waals surface area contributed by atoms with Crippen molar-refractivity contribution >= 4 is 11.7 Å². The van der Waals surface area contributed by atoms with Crippen LogP contribution in [0.2, 0.25) is 0 Å². The average Bonchev–Trinajstić information content (AvgIpc) is 3.42. The molecule has 2 aromatic rings. The van der Waals surface area contributed by atoms with Gasteiger partial charge in [-0.15, -0.1) is 0 Å². The van der Waals surface area contributed by atoms with Gasteiger partial charge in [-0.3, -0.25) is 14.5 Å². The first kappa shape index (κ1) is 22.6. The van der Waals surface area contributed by atoms with Gasteiger partial charge in [0, 0.05) is 49.2 Å². The van der Waals surface area contributed by atoms with E-state index in [-0.39, 0.29) is 11.7 Å². The predicted molar refractivity (Wildman–Crippen MR) is 125 cm³/mol. The van der Waals surface area contributed by atoms with Crippen molar-refractivity contribution in [3.8, 4) is 5.75 Å². The van der Waals surface area contributed by atoms with E-state index in [0.717, 1.165) is 35.7 Å². The molecule has 0 N–H and O–H groups in total. The van der Waals surface area contributed by atoms with Gasteiger partial charge in [-0.1, -0.05) is 25.0 Å². The molecular formula is C26H35N3O3. The number of aromatic nitrogens is 1. The number of benzene rings is 1. The van der Waals surface area contributed by atoms with Crippen LogP contribution in [0.15, 0.2) is 30.3 Å². The number of ketones is 1. The number of rotatable bonds is 7. The van der Waals surface area contributed by atoms with Crippen LogP contribution < -0.4 is 4.74 Å². The van der Waals surface area contributed by atoms with Crippen LogP contribution >= 0.6 is 0 Å². The highest BCUT2D eigenvalue weighted by molar-refractivity contribution is 5.99. The second-order valence-electron chi connectivity index (χ2n) is 9.20. The van der Waals surface area contributed by atoms with Crippen LogP contribution in [0, 0.1) is 13.8 Å². The number of aryl methyl sites for hydroxylation is 1. The largest absolute Gasteiger partial charge is 0.497 e. The monoisotopic (exact) mass is 437 g/mol. The number of amides is 1. The van der Waals surface area contributed by atoms with Gasteiger partial charge in [0.05, 0.1) is 20.1 Å². The lowest BCUT2D eigenvalue weighted by atomic mass is 10.1. The van der Waals surface area contributed by atoms with Crippen LogP contribution in [0.1, 0.15) is 59.0 Å². The normalized spacial score (nSPS) is 17.7. The molecule has 4 rings (SSSR count). The second-order valence-corrected chi connectivity index (χ2v) is 9.20. The number of carbonyl (C=O) groups excluding carboxylic acids is 2. The van der Waals surface area contributed by atoms with E-state index >= 15 is 0 Å². The minimum absolute atomic E-state index is 0.140. The molecule has 1 aromatic heterocycles. The molecule has 2 fully saturated rings. The van der Waals surface area contributed by atoms with Crippen LogP contribution in [0.4, 0.5) is 0 Å². The smallest absolute Gasteiger partial charge is 0.227 e. The number of hydrogen-bond donors (Lipinski definition) is 0. The maximum atomic E-state index is 13.1. The van der Waals surface area contributed by atoms with Crippen LogP contribution in [0.3, 0.4) is 0 Å². The number of carbonyl (C=O) groups is 2. The van der Waals surface area contributed by atoms with Crippen molar-refractivity contribution < 1.29 is 14.3 Å². The molecule has 0 bridgehead atoms. The first-order valence-electron chi connectivity index (χ1n) is 11.8. The van der Waals surface area contributed by atoms with Gasteiger partial charge in [0.25, 0.3) is 0 Å². The quantitative estimate of drug-likeness (QED) is 0.619. The Morgan fingerprint density at radius 2 is 1.66 bits per heavy atom. The van der Waals surface area contributed by atoms with Crippen LogP contribution in [-0.4, -0.2) is 65.9 Å². The van der Waals surface area contributed by atoms with Gasteiger partial charge >= 0.3 is 0 Å². The SMILES string of the molecule is COc1ccc(CC(=O)N2CCN(CC(=O)c3cc(C)n(C4CCCC4)c3C)CC2)cc1. The molecule has 1 amide bonds. The van der Waals surface area contributed by atoms with E-state index < -0.39 is 0 Å². The number of ether oxygens (including phenoxy) is 1. The predicted octanol–water partition coefficient (Wildman–Crippen LogP) is 3.80. The summed E-state index contributed by atoms with van der Waals surface area (Å²) in [6.45, 7) is 7.45. The zero-order valence-corrected chi connectivity index (χ0v) is 19.6. The molecular weight excluding hydrogens is 402 g/mol. The van der Waals surface area contributed by atoms with E-state index in [1.807, 2.05) is 29.2 Å². The minimum atomic E-state index is 0.140. The van der Waals surface area contributed by atoms with E-state index in [1.165, 1.54) is 31.4 Å². The molecule has 172 valence electrons. The fourth-order valence-corrected chi connectivity index (χ4v) is 5.26. The molecule has 1 saturated carbocycles. The first-order chi connectivity index (χ1) is 15.5.